The molecule has 27 heavy (non-hydrogen) atoms. The van der Waals surface area contributed by atoms with Crippen molar-refractivity contribution in [1.82, 2.24) is 0 Å². The van der Waals surface area contributed by atoms with Crippen LogP contribution in [0.15, 0.2) is 0 Å². The molecule has 2 unspecified atom stereocenters. The van der Waals surface area contributed by atoms with Crippen LogP contribution in [0.1, 0.15) is 84.5 Å². The monoisotopic (exact) mass is 409 g/mol. The quantitative estimate of drug-likeness (QED) is 0.162. The lowest BCUT2D eigenvalue weighted by atomic mass is 10.1. The molecular weight excluding hydrogens is 366 g/mol. The smallest absolute Gasteiger partial charge is 0.192 e. The average Bonchev–Trinajstić information content (AvgIpc) is 2.53. The molecule has 0 radical (unpaired) electrons. The normalized spacial score (nSPS) is 15.0. The Morgan fingerprint density at radius 3 is 1.85 bits per heavy atom. The Kier molecular flexibility index (Phi) is 14.6. The highest BCUT2D eigenvalue weighted by Gasteiger charge is 2.30. The molecule has 0 heterocycles. The van der Waals surface area contributed by atoms with Gasteiger partial charge >= 0.3 is 0 Å². The van der Waals surface area contributed by atoms with Crippen LogP contribution in [0.5, 0.6) is 0 Å². The zero-order chi connectivity index (χ0) is 20.8. The van der Waals surface area contributed by atoms with E-state index in [4.69, 9.17) is 4.74 Å². The topological polar surface area (TPSA) is 86.7 Å². The first kappa shape index (κ1) is 26.8. The standard InChI is InChI=1S/C20H43NO5S/c1-5-7-8-9-10-11-12-13-14-15-16-26-20(6-2)21(3,4)17-19(22)18-27(23,24)25/h19-20,22H,5-18H2,1-4H3. The first-order valence-corrected chi connectivity index (χ1v) is 12.3. The molecule has 1 N–H and O–H groups in total. The van der Waals surface area contributed by atoms with E-state index in [2.05, 4.69) is 6.92 Å². The van der Waals surface area contributed by atoms with Gasteiger partial charge in [-0.1, -0.05) is 71.6 Å². The van der Waals surface area contributed by atoms with Crippen molar-refractivity contribution in [2.75, 3.05) is 33.0 Å². The summed E-state index contributed by atoms with van der Waals surface area (Å²) in [7, 11) is -0.626. The SMILES string of the molecule is CCCCCCCCCCCCOC(CC)[N+](C)(C)CC(O)CS(=O)(=O)[O-]. The van der Waals surface area contributed by atoms with Crippen molar-refractivity contribution in [2.24, 2.45) is 0 Å². The minimum absolute atomic E-state index is 0.118. The Morgan fingerprint density at radius 1 is 0.926 bits per heavy atom. The molecular formula is C20H43NO5S. The minimum atomic E-state index is -4.42. The lowest BCUT2D eigenvalue weighted by Crippen LogP contribution is -2.54. The first-order valence-electron chi connectivity index (χ1n) is 10.7. The number of aliphatic hydroxyl groups is 1. The van der Waals surface area contributed by atoms with Gasteiger partial charge in [-0.3, -0.25) is 0 Å². The fourth-order valence-electron chi connectivity index (χ4n) is 3.57. The van der Waals surface area contributed by atoms with Gasteiger partial charge in [-0.05, 0) is 6.42 Å². The van der Waals surface area contributed by atoms with E-state index in [1.165, 1.54) is 51.4 Å². The van der Waals surface area contributed by atoms with E-state index in [0.29, 0.717) is 11.1 Å². The molecule has 0 saturated heterocycles. The van der Waals surface area contributed by atoms with Crippen LogP contribution in [0, 0.1) is 0 Å². The summed E-state index contributed by atoms with van der Waals surface area (Å²) in [6.45, 7) is 5.11. The largest absolute Gasteiger partial charge is 0.748 e. The van der Waals surface area contributed by atoms with Crippen molar-refractivity contribution < 1.29 is 27.3 Å². The molecule has 0 aliphatic carbocycles. The van der Waals surface area contributed by atoms with E-state index in [0.717, 1.165) is 19.3 Å². The van der Waals surface area contributed by atoms with Gasteiger partial charge in [-0.25, -0.2) is 8.42 Å². The number of likely N-dealkylation sites (N-methyl/N-ethyl adjacent to an activating group) is 1. The van der Waals surface area contributed by atoms with E-state index in [9.17, 15) is 18.1 Å². The fourth-order valence-corrected chi connectivity index (χ4v) is 4.15. The Bertz CT molecular complexity index is 453. The Balaban J connectivity index is 3.92. The van der Waals surface area contributed by atoms with Gasteiger partial charge in [0.15, 0.2) is 6.23 Å². The van der Waals surface area contributed by atoms with Crippen LogP contribution in [-0.2, 0) is 14.9 Å². The van der Waals surface area contributed by atoms with E-state index in [1.54, 1.807) is 0 Å². The van der Waals surface area contributed by atoms with Crippen LogP contribution in [0.2, 0.25) is 0 Å². The van der Waals surface area contributed by atoms with Crippen molar-refractivity contribution >= 4 is 10.1 Å². The highest BCUT2D eigenvalue weighted by atomic mass is 32.2. The van der Waals surface area contributed by atoms with Crippen molar-refractivity contribution in [2.45, 2.75) is 96.8 Å². The lowest BCUT2D eigenvalue weighted by Gasteiger charge is -2.38. The average molecular weight is 410 g/mol. The summed E-state index contributed by atoms with van der Waals surface area (Å²) in [6, 6.07) is 0. The number of hydrogen-bond donors (Lipinski definition) is 1. The predicted octanol–water partition coefficient (Wildman–Crippen LogP) is 3.64. The molecule has 0 aliphatic heterocycles. The van der Waals surface area contributed by atoms with Crippen LogP contribution in [0.25, 0.3) is 0 Å². The number of aliphatic hydroxyl groups excluding tert-OH is 1. The second-order valence-electron chi connectivity index (χ2n) is 8.26. The van der Waals surface area contributed by atoms with Gasteiger partial charge in [0.05, 0.1) is 36.6 Å². The number of ether oxygens (including phenoxy) is 1. The number of hydrogen-bond acceptors (Lipinski definition) is 5. The van der Waals surface area contributed by atoms with Crippen molar-refractivity contribution in [3.05, 3.63) is 0 Å². The molecule has 0 amide bonds. The molecule has 7 heteroatoms. The van der Waals surface area contributed by atoms with Crippen molar-refractivity contribution in [1.29, 1.82) is 0 Å². The van der Waals surface area contributed by atoms with Gasteiger partial charge in [0.1, 0.15) is 12.6 Å². The molecule has 0 fully saturated rings. The minimum Gasteiger partial charge on any atom is -0.748 e. The highest BCUT2D eigenvalue weighted by Crippen LogP contribution is 2.16. The number of nitrogens with zero attached hydrogens (tertiary/aromatic N) is 1. The number of rotatable bonds is 18. The fraction of sp³-hybridized carbons (Fsp3) is 1.00. The first-order chi connectivity index (χ1) is 12.6. The van der Waals surface area contributed by atoms with E-state index < -0.39 is 22.0 Å². The maximum Gasteiger partial charge on any atom is 0.192 e. The highest BCUT2D eigenvalue weighted by molar-refractivity contribution is 7.85. The molecule has 0 aromatic carbocycles. The lowest BCUT2D eigenvalue weighted by molar-refractivity contribution is -0.940. The summed E-state index contributed by atoms with van der Waals surface area (Å²) >= 11 is 0. The zero-order valence-electron chi connectivity index (χ0n) is 18.0. The summed E-state index contributed by atoms with van der Waals surface area (Å²) < 4.78 is 38.7. The summed E-state index contributed by atoms with van der Waals surface area (Å²) in [5.74, 6) is -0.746. The van der Waals surface area contributed by atoms with Crippen molar-refractivity contribution in [3.8, 4) is 0 Å². The van der Waals surface area contributed by atoms with Gasteiger partial charge in [0.2, 0.25) is 0 Å². The molecule has 0 aromatic rings. The Hall–Kier alpha value is -0.210. The van der Waals surface area contributed by atoms with Gasteiger partial charge < -0.3 is 18.9 Å². The molecule has 0 bridgehead atoms. The second-order valence-corrected chi connectivity index (χ2v) is 9.70. The molecule has 6 nitrogen and oxygen atoms in total. The van der Waals surface area contributed by atoms with Crippen LogP contribution in [0.3, 0.4) is 0 Å². The third kappa shape index (κ3) is 15.4. The second kappa shape index (κ2) is 14.7. The molecule has 0 aromatic heterocycles. The van der Waals surface area contributed by atoms with Gasteiger partial charge in [0, 0.05) is 6.42 Å². The molecule has 0 spiro atoms. The summed E-state index contributed by atoms with van der Waals surface area (Å²) in [6.07, 6.45) is 12.3. The maximum atomic E-state index is 10.8. The van der Waals surface area contributed by atoms with Crippen LogP contribution in [0.4, 0.5) is 0 Å². The van der Waals surface area contributed by atoms with E-state index in [-0.39, 0.29) is 12.8 Å². The third-order valence-electron chi connectivity index (χ3n) is 5.01. The molecule has 0 aliphatic rings. The maximum absolute atomic E-state index is 10.8. The van der Waals surface area contributed by atoms with Gasteiger partial charge in [-0.2, -0.15) is 0 Å². The van der Waals surface area contributed by atoms with Crippen molar-refractivity contribution in [3.63, 3.8) is 0 Å². The molecule has 0 saturated carbocycles. The van der Waals surface area contributed by atoms with Crippen LogP contribution < -0.4 is 0 Å². The molecule has 0 rings (SSSR count). The van der Waals surface area contributed by atoms with Crippen LogP contribution >= 0.6 is 0 Å². The number of unbranched alkanes of at least 4 members (excludes halogenated alkanes) is 9. The summed E-state index contributed by atoms with van der Waals surface area (Å²) in [5, 5.41) is 9.87. The Labute approximate surface area is 167 Å². The zero-order valence-corrected chi connectivity index (χ0v) is 18.8. The summed E-state index contributed by atoms with van der Waals surface area (Å²) in [4.78, 5) is 0. The molecule has 2 atom stereocenters. The van der Waals surface area contributed by atoms with E-state index in [1.807, 2.05) is 21.0 Å². The number of quaternary nitrogens is 1. The Morgan fingerprint density at radius 2 is 1.41 bits per heavy atom. The van der Waals surface area contributed by atoms with Gasteiger partial charge in [-0.15, -0.1) is 0 Å². The van der Waals surface area contributed by atoms with Crippen LogP contribution in [-0.4, -0.2) is 67.9 Å². The van der Waals surface area contributed by atoms with Gasteiger partial charge in [0.25, 0.3) is 0 Å². The third-order valence-corrected chi connectivity index (χ3v) is 5.81. The predicted molar refractivity (Wildman–Crippen MR) is 109 cm³/mol. The van der Waals surface area contributed by atoms with E-state index >= 15 is 0 Å². The summed E-state index contributed by atoms with van der Waals surface area (Å²) in [5.41, 5.74) is 0. The molecule has 164 valence electrons.